The lowest BCUT2D eigenvalue weighted by atomic mass is 9.73. The van der Waals surface area contributed by atoms with Gasteiger partial charge in [-0.05, 0) is 37.0 Å². The Morgan fingerprint density at radius 1 is 1.45 bits per heavy atom. The van der Waals surface area contributed by atoms with Gasteiger partial charge in [0.15, 0.2) is 0 Å². The van der Waals surface area contributed by atoms with Crippen molar-refractivity contribution in [1.29, 1.82) is 5.41 Å². The van der Waals surface area contributed by atoms with Crippen molar-refractivity contribution in [1.82, 2.24) is 10.8 Å². The molecule has 22 heavy (non-hydrogen) atoms. The fourth-order valence-corrected chi connectivity index (χ4v) is 3.24. The van der Waals surface area contributed by atoms with Gasteiger partial charge in [-0.15, -0.1) is 0 Å². The second-order valence-electron chi connectivity index (χ2n) is 6.64. The molecule has 1 fully saturated rings. The maximum absolute atomic E-state index is 11.5. The Morgan fingerprint density at radius 2 is 2.14 bits per heavy atom. The minimum Gasteiger partial charge on any atom is -0.480 e. The second-order valence-corrected chi connectivity index (χ2v) is 6.64. The lowest BCUT2D eigenvalue weighted by Gasteiger charge is -2.39. The average molecular weight is 314 g/mol. The van der Waals surface area contributed by atoms with Crippen LogP contribution in [0.3, 0.4) is 0 Å². The Morgan fingerprint density at radius 3 is 2.68 bits per heavy atom. The second kappa shape index (κ2) is 8.95. The van der Waals surface area contributed by atoms with Gasteiger partial charge in [0.1, 0.15) is 6.04 Å². The molecular formula is C15H30N4O3. The van der Waals surface area contributed by atoms with Gasteiger partial charge in [0.2, 0.25) is 5.96 Å². The maximum Gasteiger partial charge on any atom is 0.320 e. The number of hydroxylamine groups is 1. The van der Waals surface area contributed by atoms with Gasteiger partial charge in [-0.3, -0.25) is 15.0 Å². The van der Waals surface area contributed by atoms with E-state index >= 15 is 0 Å². The number of guanidine groups is 1. The summed E-state index contributed by atoms with van der Waals surface area (Å²) in [6.45, 7) is 6.80. The Labute approximate surface area is 132 Å². The van der Waals surface area contributed by atoms with Crippen LogP contribution < -0.4 is 16.5 Å². The lowest BCUT2D eigenvalue weighted by molar-refractivity contribution is -0.140. The number of carboxylic acid groups (broad SMARTS) is 1. The fourth-order valence-electron chi connectivity index (χ4n) is 3.24. The molecule has 1 saturated carbocycles. The summed E-state index contributed by atoms with van der Waals surface area (Å²) in [4.78, 5) is 16.4. The van der Waals surface area contributed by atoms with Crippen molar-refractivity contribution in [3.8, 4) is 0 Å². The molecule has 3 unspecified atom stereocenters. The molecule has 1 aliphatic carbocycles. The molecule has 0 heterocycles. The average Bonchev–Trinajstić information content (AvgIpc) is 2.41. The van der Waals surface area contributed by atoms with Crippen molar-refractivity contribution in [2.24, 2.45) is 23.5 Å². The van der Waals surface area contributed by atoms with Crippen molar-refractivity contribution in [3.63, 3.8) is 0 Å². The predicted molar refractivity (Wildman–Crippen MR) is 85.3 cm³/mol. The van der Waals surface area contributed by atoms with E-state index in [1.165, 1.54) is 6.42 Å². The number of carbonyl (C=O) groups is 1. The molecule has 7 heteroatoms. The maximum atomic E-state index is 11.5. The molecule has 7 nitrogen and oxygen atoms in total. The largest absolute Gasteiger partial charge is 0.480 e. The molecule has 128 valence electrons. The topological polar surface area (TPSA) is 120 Å². The molecule has 0 aromatic carbocycles. The van der Waals surface area contributed by atoms with Gasteiger partial charge in [0, 0.05) is 6.04 Å². The number of hydrogen-bond acceptors (Lipinski definition) is 4. The Balaban J connectivity index is 2.55. The molecule has 0 spiro atoms. The van der Waals surface area contributed by atoms with Crippen LogP contribution >= 0.6 is 0 Å². The number of rotatable bonds is 8. The van der Waals surface area contributed by atoms with E-state index in [1.54, 1.807) is 0 Å². The van der Waals surface area contributed by atoms with Gasteiger partial charge < -0.3 is 16.2 Å². The molecule has 4 atom stereocenters. The highest BCUT2D eigenvalue weighted by atomic mass is 16.6. The van der Waals surface area contributed by atoms with E-state index in [9.17, 15) is 9.90 Å². The van der Waals surface area contributed by atoms with Gasteiger partial charge >= 0.3 is 5.97 Å². The monoisotopic (exact) mass is 314 g/mol. The summed E-state index contributed by atoms with van der Waals surface area (Å²) in [5, 5.41) is 19.7. The zero-order valence-corrected chi connectivity index (χ0v) is 13.8. The van der Waals surface area contributed by atoms with E-state index in [0.717, 1.165) is 12.8 Å². The predicted octanol–water partition coefficient (Wildman–Crippen LogP) is 1.29. The van der Waals surface area contributed by atoms with E-state index in [4.69, 9.17) is 16.0 Å². The van der Waals surface area contributed by atoms with E-state index in [2.05, 4.69) is 31.6 Å². The minimum absolute atomic E-state index is 0.179. The summed E-state index contributed by atoms with van der Waals surface area (Å²) in [7, 11) is 0. The van der Waals surface area contributed by atoms with E-state index < -0.39 is 12.0 Å². The number of nitrogens with two attached hydrogens (primary N) is 1. The quantitative estimate of drug-likeness (QED) is 0.199. The first-order valence-electron chi connectivity index (χ1n) is 8.02. The number of aliphatic carboxylic acids is 1. The van der Waals surface area contributed by atoms with Crippen LogP contribution in [0.15, 0.2) is 0 Å². The SMILES string of the molecule is CC1CCC(C(C)C)C(N[C@@H](CCONC(=N)N)C(=O)O)C1. The first-order valence-corrected chi connectivity index (χ1v) is 8.02. The molecule has 1 aliphatic rings. The Bertz CT molecular complexity index is 376. The van der Waals surface area contributed by atoms with Crippen molar-refractivity contribution in [3.05, 3.63) is 0 Å². The Hall–Kier alpha value is -1.34. The third-order valence-corrected chi connectivity index (χ3v) is 4.43. The highest BCUT2D eigenvalue weighted by molar-refractivity contribution is 5.73. The highest BCUT2D eigenvalue weighted by Gasteiger charge is 2.33. The molecule has 0 aromatic heterocycles. The first-order chi connectivity index (χ1) is 10.3. The molecule has 0 saturated heterocycles. The third kappa shape index (κ3) is 6.19. The zero-order valence-electron chi connectivity index (χ0n) is 13.8. The van der Waals surface area contributed by atoms with Gasteiger partial charge in [-0.25, -0.2) is 5.48 Å². The molecule has 0 aliphatic heterocycles. The summed E-state index contributed by atoms with van der Waals surface area (Å²) in [6, 6.07) is -0.420. The molecule has 0 amide bonds. The summed E-state index contributed by atoms with van der Waals surface area (Å²) < 4.78 is 0. The fraction of sp³-hybridized carbons (Fsp3) is 0.867. The van der Waals surface area contributed by atoms with Crippen LogP contribution in [0.1, 0.15) is 46.5 Å². The van der Waals surface area contributed by atoms with Gasteiger partial charge in [0.25, 0.3) is 0 Å². The number of nitrogens with one attached hydrogen (secondary N) is 3. The molecule has 0 aromatic rings. The first kappa shape index (κ1) is 18.7. The zero-order chi connectivity index (χ0) is 16.7. The van der Waals surface area contributed by atoms with Crippen LogP contribution in [0.5, 0.6) is 0 Å². The van der Waals surface area contributed by atoms with Crippen molar-refractivity contribution in [2.75, 3.05) is 6.61 Å². The highest BCUT2D eigenvalue weighted by Crippen LogP contribution is 2.33. The molecule has 6 N–H and O–H groups in total. The van der Waals surface area contributed by atoms with Crippen LogP contribution in [-0.2, 0) is 9.63 Å². The molecule has 1 rings (SSSR count). The third-order valence-electron chi connectivity index (χ3n) is 4.43. The van der Waals surface area contributed by atoms with E-state index in [1.807, 2.05) is 0 Å². The molecule has 0 bridgehead atoms. The molecular weight excluding hydrogens is 284 g/mol. The lowest BCUT2D eigenvalue weighted by Crippen LogP contribution is -2.50. The smallest absolute Gasteiger partial charge is 0.320 e. The van der Waals surface area contributed by atoms with Gasteiger partial charge in [0.05, 0.1) is 6.61 Å². The van der Waals surface area contributed by atoms with Crippen molar-refractivity contribution in [2.45, 2.75) is 58.5 Å². The van der Waals surface area contributed by atoms with Crippen molar-refractivity contribution < 1.29 is 14.7 Å². The van der Waals surface area contributed by atoms with E-state index in [-0.39, 0.29) is 18.6 Å². The van der Waals surface area contributed by atoms with Gasteiger partial charge in [-0.1, -0.05) is 27.2 Å². The van der Waals surface area contributed by atoms with Crippen LogP contribution in [0, 0.1) is 23.2 Å². The van der Waals surface area contributed by atoms with Gasteiger partial charge in [-0.2, -0.15) is 0 Å². The standard InChI is InChI=1S/C15H30N4O3/c1-9(2)11-5-4-10(3)8-13(11)18-12(14(20)21)6-7-22-19-15(16)17/h9-13,18H,4-8H2,1-3H3,(H,20,21)(H4,16,17,19)/t10?,11?,12-,13?/m0/s1. The van der Waals surface area contributed by atoms with Crippen molar-refractivity contribution >= 4 is 11.9 Å². The van der Waals surface area contributed by atoms with Crippen LogP contribution in [0.4, 0.5) is 0 Å². The minimum atomic E-state index is -0.868. The number of hydrogen-bond donors (Lipinski definition) is 5. The molecule has 0 radical (unpaired) electrons. The van der Waals surface area contributed by atoms with Crippen LogP contribution in [0.2, 0.25) is 0 Å². The van der Waals surface area contributed by atoms with Crippen LogP contribution in [-0.4, -0.2) is 35.7 Å². The summed E-state index contributed by atoms with van der Waals surface area (Å²) >= 11 is 0. The Kier molecular flexibility index (Phi) is 7.61. The summed E-state index contributed by atoms with van der Waals surface area (Å²) in [5.41, 5.74) is 7.32. The summed E-state index contributed by atoms with van der Waals surface area (Å²) in [5.74, 6) is 0.509. The summed E-state index contributed by atoms with van der Waals surface area (Å²) in [6.07, 6.45) is 3.69. The normalized spacial score (nSPS) is 26.6. The van der Waals surface area contributed by atoms with E-state index in [0.29, 0.717) is 24.2 Å². The number of carboxylic acids is 1. The van der Waals surface area contributed by atoms with Crippen LogP contribution in [0.25, 0.3) is 0 Å².